The minimum absolute atomic E-state index is 0.0119. The van der Waals surface area contributed by atoms with E-state index in [9.17, 15) is 31.1 Å². The van der Waals surface area contributed by atoms with Crippen molar-refractivity contribution in [3.8, 4) is 5.75 Å². The summed E-state index contributed by atoms with van der Waals surface area (Å²) in [6.45, 7) is 0. The molecule has 3 atom stereocenters. The van der Waals surface area contributed by atoms with Crippen LogP contribution in [-0.4, -0.2) is 29.5 Å². The number of halogens is 6. The maximum Gasteiger partial charge on any atom is 0.417 e. The Morgan fingerprint density at radius 3 is 2.06 bits per heavy atom. The first kappa shape index (κ1) is 21.5. The first-order valence-electron chi connectivity index (χ1n) is 9.71. The number of anilines is 1. The van der Waals surface area contributed by atoms with Crippen LogP contribution in [0.1, 0.15) is 47.2 Å². The minimum atomic E-state index is -4.56. The molecule has 0 radical (unpaired) electrons. The van der Waals surface area contributed by atoms with Gasteiger partial charge in [0, 0.05) is 31.1 Å². The van der Waals surface area contributed by atoms with Gasteiger partial charge in [-0.05, 0) is 43.2 Å². The van der Waals surface area contributed by atoms with Crippen molar-refractivity contribution in [1.29, 1.82) is 0 Å². The Balaban J connectivity index is 1.48. The maximum absolute atomic E-state index is 12.9. The summed E-state index contributed by atoms with van der Waals surface area (Å²) in [5.41, 5.74) is -1.91. The van der Waals surface area contributed by atoms with Crippen molar-refractivity contribution in [2.45, 2.75) is 56.2 Å². The summed E-state index contributed by atoms with van der Waals surface area (Å²) in [4.78, 5) is 17.3. The Morgan fingerprint density at radius 2 is 1.55 bits per heavy atom. The number of alkyl halides is 6. The van der Waals surface area contributed by atoms with Crippen LogP contribution in [0.25, 0.3) is 0 Å². The molecule has 0 aliphatic carbocycles. The van der Waals surface area contributed by atoms with E-state index >= 15 is 0 Å². The number of rotatable bonds is 4. The lowest BCUT2D eigenvalue weighted by Crippen LogP contribution is -2.47. The summed E-state index contributed by atoms with van der Waals surface area (Å²) >= 11 is 0. The van der Waals surface area contributed by atoms with Crippen LogP contribution in [0.5, 0.6) is 5.75 Å². The van der Waals surface area contributed by atoms with Crippen molar-refractivity contribution in [3.63, 3.8) is 0 Å². The molecule has 2 aliphatic rings. The molecule has 2 bridgehead atoms. The number of hydrogen-bond donors (Lipinski definition) is 0. The molecule has 10 heteroatoms. The number of aromatic nitrogens is 1. The molecule has 0 amide bonds. The van der Waals surface area contributed by atoms with Crippen molar-refractivity contribution in [1.82, 2.24) is 4.98 Å². The Bertz CT molecular complexity index is 944. The quantitative estimate of drug-likeness (QED) is 0.461. The first-order valence-corrected chi connectivity index (χ1v) is 9.71. The highest BCUT2D eigenvalue weighted by atomic mass is 19.4. The third kappa shape index (κ3) is 4.33. The van der Waals surface area contributed by atoms with Crippen LogP contribution in [0.4, 0.5) is 32.2 Å². The van der Waals surface area contributed by atoms with Crippen LogP contribution >= 0.6 is 0 Å². The highest BCUT2D eigenvalue weighted by Gasteiger charge is 2.43. The van der Waals surface area contributed by atoms with Gasteiger partial charge in [0.2, 0.25) is 0 Å². The van der Waals surface area contributed by atoms with E-state index in [2.05, 4.69) is 4.98 Å². The van der Waals surface area contributed by atoms with Crippen LogP contribution in [0.15, 0.2) is 36.5 Å². The molecular formula is C21H18F6N2O2. The normalized spacial score (nSPS) is 23.7. The highest BCUT2D eigenvalue weighted by Crippen LogP contribution is 2.41. The van der Waals surface area contributed by atoms with Gasteiger partial charge in [0.15, 0.2) is 6.29 Å². The van der Waals surface area contributed by atoms with Gasteiger partial charge in [-0.1, -0.05) is 0 Å². The monoisotopic (exact) mass is 444 g/mol. The second-order valence-electron chi connectivity index (χ2n) is 7.77. The fourth-order valence-electron chi connectivity index (χ4n) is 4.41. The molecule has 0 N–H and O–H groups in total. The van der Waals surface area contributed by atoms with Crippen LogP contribution in [0.3, 0.4) is 0 Å². The predicted molar refractivity (Wildman–Crippen MR) is 99.0 cm³/mol. The Labute approximate surface area is 173 Å². The molecule has 2 fully saturated rings. The lowest BCUT2D eigenvalue weighted by Gasteiger charge is -2.39. The fraction of sp³-hybridized carbons (Fsp3) is 0.429. The zero-order valence-electron chi connectivity index (χ0n) is 16.1. The average Bonchev–Trinajstić information content (AvgIpc) is 2.97. The van der Waals surface area contributed by atoms with Gasteiger partial charge in [-0.2, -0.15) is 26.3 Å². The Kier molecular flexibility index (Phi) is 5.35. The molecule has 2 aliphatic heterocycles. The van der Waals surface area contributed by atoms with Crippen molar-refractivity contribution < 1.29 is 35.9 Å². The molecule has 3 heterocycles. The van der Waals surface area contributed by atoms with Crippen LogP contribution < -0.4 is 9.64 Å². The molecule has 1 aromatic carbocycles. The number of piperidine rings is 1. The van der Waals surface area contributed by atoms with Gasteiger partial charge in [-0.15, -0.1) is 0 Å². The minimum Gasteiger partial charge on any atom is -0.490 e. The standard InChI is InChI=1S/C21H18F6N2O2/c22-20(23,24)13-1-5-18(12(7-13)11-30)31-17-8-15-3-4-16(9-17)29(15)19-6-2-14(10-28-19)21(25,26)27/h1-2,5-7,10-11,15-17H,3-4,8-9H2/t15-,16+,17?. The molecule has 31 heavy (non-hydrogen) atoms. The van der Waals surface area contributed by atoms with Crippen LogP contribution in [0.2, 0.25) is 0 Å². The molecule has 0 saturated carbocycles. The number of carbonyl (C=O) groups excluding carboxylic acids is 1. The van der Waals surface area contributed by atoms with Crippen molar-refractivity contribution in [2.24, 2.45) is 0 Å². The summed E-state index contributed by atoms with van der Waals surface area (Å²) in [6, 6.07) is 5.12. The molecule has 166 valence electrons. The number of benzene rings is 1. The maximum atomic E-state index is 12.9. The third-order valence-electron chi connectivity index (χ3n) is 5.79. The van der Waals surface area contributed by atoms with Gasteiger partial charge in [-0.3, -0.25) is 4.79 Å². The van der Waals surface area contributed by atoms with E-state index in [1.54, 1.807) is 0 Å². The van der Waals surface area contributed by atoms with Crippen molar-refractivity contribution in [2.75, 3.05) is 4.90 Å². The lowest BCUT2D eigenvalue weighted by molar-refractivity contribution is -0.138. The van der Waals surface area contributed by atoms with E-state index in [-0.39, 0.29) is 29.5 Å². The van der Waals surface area contributed by atoms with E-state index < -0.39 is 23.5 Å². The summed E-state index contributed by atoms with van der Waals surface area (Å²) in [5.74, 6) is 0.551. The van der Waals surface area contributed by atoms with E-state index in [0.717, 1.165) is 43.3 Å². The van der Waals surface area contributed by atoms with Crippen LogP contribution in [-0.2, 0) is 12.4 Å². The van der Waals surface area contributed by atoms with Crippen molar-refractivity contribution >= 4 is 12.1 Å². The van der Waals surface area contributed by atoms with Gasteiger partial charge >= 0.3 is 12.4 Å². The smallest absolute Gasteiger partial charge is 0.417 e. The number of hydrogen-bond acceptors (Lipinski definition) is 4. The number of ether oxygens (including phenoxy) is 1. The highest BCUT2D eigenvalue weighted by molar-refractivity contribution is 5.79. The second-order valence-corrected chi connectivity index (χ2v) is 7.77. The average molecular weight is 444 g/mol. The summed E-state index contributed by atoms with van der Waals surface area (Å²) < 4.78 is 82.8. The molecule has 2 saturated heterocycles. The number of fused-ring (bicyclic) bond motifs is 2. The number of pyridine rings is 1. The molecule has 1 aromatic heterocycles. The second kappa shape index (κ2) is 7.72. The number of carbonyl (C=O) groups is 1. The first-order chi connectivity index (χ1) is 14.6. The Hall–Kier alpha value is -2.78. The molecule has 4 rings (SSSR count). The Morgan fingerprint density at radius 1 is 0.935 bits per heavy atom. The third-order valence-corrected chi connectivity index (χ3v) is 5.79. The van der Waals surface area contributed by atoms with Gasteiger partial charge in [0.05, 0.1) is 16.7 Å². The lowest BCUT2D eigenvalue weighted by atomic mass is 9.99. The zero-order valence-corrected chi connectivity index (χ0v) is 16.1. The van der Waals surface area contributed by atoms with Gasteiger partial charge in [0.25, 0.3) is 0 Å². The van der Waals surface area contributed by atoms with E-state index in [1.165, 1.54) is 6.07 Å². The summed E-state index contributed by atoms with van der Waals surface area (Å²) in [7, 11) is 0. The molecule has 4 nitrogen and oxygen atoms in total. The largest absolute Gasteiger partial charge is 0.490 e. The fourth-order valence-corrected chi connectivity index (χ4v) is 4.41. The molecule has 1 unspecified atom stereocenters. The number of nitrogens with zero attached hydrogens (tertiary/aromatic N) is 2. The predicted octanol–water partition coefficient (Wildman–Crippen LogP) is 5.51. The summed E-state index contributed by atoms with van der Waals surface area (Å²) in [5, 5.41) is 0. The molecule has 0 spiro atoms. The number of aldehydes is 1. The molecule has 2 aromatic rings. The van der Waals surface area contributed by atoms with Gasteiger partial charge < -0.3 is 9.64 Å². The summed E-state index contributed by atoms with van der Waals surface area (Å²) in [6.07, 6.45) is -5.52. The van der Waals surface area contributed by atoms with Gasteiger partial charge in [0.1, 0.15) is 17.7 Å². The van der Waals surface area contributed by atoms with Crippen molar-refractivity contribution in [3.05, 3.63) is 53.2 Å². The van der Waals surface area contributed by atoms with E-state index in [0.29, 0.717) is 24.9 Å². The van der Waals surface area contributed by atoms with Gasteiger partial charge in [-0.25, -0.2) is 4.98 Å². The van der Waals surface area contributed by atoms with E-state index in [4.69, 9.17) is 4.74 Å². The topological polar surface area (TPSA) is 42.4 Å². The molecular weight excluding hydrogens is 426 g/mol. The van der Waals surface area contributed by atoms with Crippen LogP contribution in [0, 0.1) is 0 Å². The van der Waals surface area contributed by atoms with E-state index in [1.807, 2.05) is 4.90 Å². The SMILES string of the molecule is O=Cc1cc(C(F)(F)F)ccc1OC1C[C@H]2CC[C@@H](C1)N2c1ccc(C(F)(F)F)cn1. The zero-order chi connectivity index (χ0) is 22.4.